The van der Waals surface area contributed by atoms with Crippen LogP contribution in [-0.2, 0) is 0 Å². The molecule has 0 spiro atoms. The number of ether oxygens (including phenoxy) is 2. The van der Waals surface area contributed by atoms with Gasteiger partial charge in [0.2, 0.25) is 5.78 Å². The Kier molecular flexibility index (Phi) is 5.04. The normalized spacial score (nSPS) is 13.6. The number of non-ortho nitro benzene ring substituents is 1. The van der Waals surface area contributed by atoms with Gasteiger partial charge >= 0.3 is 5.97 Å². The predicted molar refractivity (Wildman–Crippen MR) is 109 cm³/mol. The third-order valence-corrected chi connectivity index (χ3v) is 4.68. The number of allylic oxidation sites excluding steroid dienone is 1. The van der Waals surface area contributed by atoms with Crippen LogP contribution in [0.5, 0.6) is 11.5 Å². The highest BCUT2D eigenvalue weighted by Crippen LogP contribution is 2.35. The minimum absolute atomic E-state index is 0.0518. The highest BCUT2D eigenvalue weighted by atomic mass is 35.5. The van der Waals surface area contributed by atoms with Crippen LogP contribution in [0.3, 0.4) is 0 Å². The first-order valence-corrected chi connectivity index (χ1v) is 9.09. The molecule has 0 N–H and O–H groups in total. The molecule has 0 aliphatic carbocycles. The number of hydrogen-bond acceptors (Lipinski definition) is 6. The number of ketones is 1. The second-order valence-electron chi connectivity index (χ2n) is 6.32. The number of rotatable bonds is 4. The molecule has 0 aromatic heterocycles. The van der Waals surface area contributed by atoms with Gasteiger partial charge in [-0.2, -0.15) is 0 Å². The number of hydrogen-bond donors (Lipinski definition) is 0. The van der Waals surface area contributed by atoms with Gasteiger partial charge in [0, 0.05) is 18.2 Å². The van der Waals surface area contributed by atoms with E-state index in [0.29, 0.717) is 11.1 Å². The van der Waals surface area contributed by atoms with Gasteiger partial charge in [-0.15, -0.1) is 0 Å². The van der Waals surface area contributed by atoms with Gasteiger partial charge < -0.3 is 9.47 Å². The van der Waals surface area contributed by atoms with E-state index in [1.165, 1.54) is 48.5 Å². The van der Waals surface area contributed by atoms with E-state index in [-0.39, 0.29) is 39.3 Å². The number of carbonyl (C=O) groups is 2. The maximum atomic E-state index is 12.5. The molecule has 0 unspecified atom stereocenters. The first-order chi connectivity index (χ1) is 14.4. The zero-order valence-corrected chi connectivity index (χ0v) is 16.0. The molecule has 30 heavy (non-hydrogen) atoms. The van der Waals surface area contributed by atoms with Gasteiger partial charge in [0.05, 0.1) is 21.1 Å². The Bertz CT molecular complexity index is 1220. The average Bonchev–Trinajstić information content (AvgIpc) is 3.03. The summed E-state index contributed by atoms with van der Waals surface area (Å²) in [7, 11) is 0. The minimum Gasteiger partial charge on any atom is -0.452 e. The van der Waals surface area contributed by atoms with Crippen molar-refractivity contribution in [3.8, 4) is 11.5 Å². The van der Waals surface area contributed by atoms with Crippen molar-refractivity contribution < 1.29 is 24.0 Å². The molecule has 0 saturated heterocycles. The topological polar surface area (TPSA) is 95.7 Å². The van der Waals surface area contributed by atoms with E-state index in [1.54, 1.807) is 24.3 Å². The fourth-order valence-corrected chi connectivity index (χ4v) is 3.08. The summed E-state index contributed by atoms with van der Waals surface area (Å²) in [6.07, 6.45) is 1.49. The van der Waals surface area contributed by atoms with Crippen LogP contribution in [0.4, 0.5) is 5.69 Å². The number of fused-ring (bicyclic) bond motifs is 1. The van der Waals surface area contributed by atoms with Crippen molar-refractivity contribution in [2.45, 2.75) is 0 Å². The van der Waals surface area contributed by atoms with E-state index < -0.39 is 10.9 Å². The molecule has 0 bridgehead atoms. The van der Waals surface area contributed by atoms with Crippen molar-refractivity contribution in [3.63, 3.8) is 0 Å². The highest BCUT2D eigenvalue weighted by molar-refractivity contribution is 6.33. The van der Waals surface area contributed by atoms with Crippen molar-refractivity contribution in [2.24, 2.45) is 0 Å². The molecule has 3 aromatic rings. The summed E-state index contributed by atoms with van der Waals surface area (Å²) in [5.41, 5.74) is 1.06. The Morgan fingerprint density at radius 1 is 1.07 bits per heavy atom. The Morgan fingerprint density at radius 2 is 1.80 bits per heavy atom. The van der Waals surface area contributed by atoms with Crippen molar-refractivity contribution >= 4 is 35.1 Å². The molecule has 8 heteroatoms. The second kappa shape index (κ2) is 7.81. The summed E-state index contributed by atoms with van der Waals surface area (Å²) in [5.74, 6) is -0.465. The molecule has 1 heterocycles. The number of Topliss-reactive ketones (excluding diaryl/α,β-unsaturated/α-hetero) is 1. The van der Waals surface area contributed by atoms with Crippen LogP contribution in [-0.4, -0.2) is 16.7 Å². The number of benzene rings is 3. The lowest BCUT2D eigenvalue weighted by Crippen LogP contribution is -2.09. The third-order valence-electron chi connectivity index (χ3n) is 4.35. The summed E-state index contributed by atoms with van der Waals surface area (Å²) >= 11 is 6.01. The van der Waals surface area contributed by atoms with E-state index >= 15 is 0 Å². The molecular formula is C22H12ClNO6. The molecule has 0 radical (unpaired) electrons. The fourth-order valence-electron chi connectivity index (χ4n) is 2.86. The summed E-state index contributed by atoms with van der Waals surface area (Å²) in [6.45, 7) is 0. The lowest BCUT2D eigenvalue weighted by Gasteiger charge is -2.06. The minimum atomic E-state index is -0.633. The maximum absolute atomic E-state index is 12.5. The number of nitro benzene ring substituents is 1. The van der Waals surface area contributed by atoms with Crippen LogP contribution in [0, 0.1) is 10.1 Å². The van der Waals surface area contributed by atoms with E-state index in [2.05, 4.69) is 0 Å². The standard InChI is InChI=1S/C22H12ClNO6/c23-18-4-2-1-3-16(18)22(26)29-15-9-10-17-19(12-15)30-20(21(17)25)11-13-5-7-14(8-6-13)24(27)28/h1-12H. The van der Waals surface area contributed by atoms with Crippen molar-refractivity contribution in [1.82, 2.24) is 0 Å². The molecule has 1 aliphatic heterocycles. The van der Waals surface area contributed by atoms with Gasteiger partial charge in [0.1, 0.15) is 11.5 Å². The molecule has 0 fully saturated rings. The fraction of sp³-hybridized carbons (Fsp3) is 0. The Labute approximate surface area is 175 Å². The van der Waals surface area contributed by atoms with Gasteiger partial charge in [0.25, 0.3) is 5.69 Å². The largest absolute Gasteiger partial charge is 0.452 e. The van der Waals surface area contributed by atoms with Gasteiger partial charge in [-0.3, -0.25) is 14.9 Å². The predicted octanol–water partition coefficient (Wildman–Crippen LogP) is 5.08. The lowest BCUT2D eigenvalue weighted by atomic mass is 10.1. The molecule has 148 valence electrons. The number of halogens is 1. The van der Waals surface area contributed by atoms with E-state index in [1.807, 2.05) is 0 Å². The van der Waals surface area contributed by atoms with Gasteiger partial charge in [-0.25, -0.2) is 4.79 Å². The summed E-state index contributed by atoms with van der Waals surface area (Å²) in [6, 6.07) is 16.6. The molecule has 0 saturated carbocycles. The van der Waals surface area contributed by atoms with Gasteiger partial charge in [-0.1, -0.05) is 23.7 Å². The van der Waals surface area contributed by atoms with Crippen molar-refractivity contribution in [2.75, 3.05) is 0 Å². The number of nitrogens with zero attached hydrogens (tertiary/aromatic N) is 1. The van der Waals surface area contributed by atoms with Crippen molar-refractivity contribution in [3.05, 3.63) is 104 Å². The smallest absolute Gasteiger partial charge is 0.345 e. The molecule has 3 aromatic carbocycles. The van der Waals surface area contributed by atoms with Crippen LogP contribution < -0.4 is 9.47 Å². The molecule has 0 amide bonds. The highest BCUT2D eigenvalue weighted by Gasteiger charge is 2.28. The van der Waals surface area contributed by atoms with E-state index in [0.717, 1.165) is 0 Å². The quantitative estimate of drug-likeness (QED) is 0.191. The van der Waals surface area contributed by atoms with E-state index in [4.69, 9.17) is 21.1 Å². The third kappa shape index (κ3) is 3.78. The maximum Gasteiger partial charge on any atom is 0.345 e. The molecule has 4 rings (SSSR count). The number of carbonyl (C=O) groups excluding carboxylic acids is 2. The summed E-state index contributed by atoms with van der Waals surface area (Å²) in [5, 5.41) is 11.0. The van der Waals surface area contributed by atoms with Crippen LogP contribution in [0.2, 0.25) is 5.02 Å². The van der Waals surface area contributed by atoms with Gasteiger partial charge in [-0.05, 0) is 48.0 Å². The first kappa shape index (κ1) is 19.4. The van der Waals surface area contributed by atoms with Gasteiger partial charge in [0.15, 0.2) is 5.76 Å². The SMILES string of the molecule is O=C(Oc1ccc2c(c1)OC(=Cc1ccc([N+](=O)[O-])cc1)C2=O)c1ccccc1Cl. The Hall–Kier alpha value is -3.97. The molecule has 1 aliphatic rings. The Balaban J connectivity index is 1.54. The van der Waals surface area contributed by atoms with E-state index in [9.17, 15) is 19.7 Å². The van der Waals surface area contributed by atoms with Crippen LogP contribution in [0.1, 0.15) is 26.3 Å². The van der Waals surface area contributed by atoms with Crippen LogP contribution >= 0.6 is 11.6 Å². The molecular weight excluding hydrogens is 410 g/mol. The zero-order chi connectivity index (χ0) is 21.3. The lowest BCUT2D eigenvalue weighted by molar-refractivity contribution is -0.384. The zero-order valence-electron chi connectivity index (χ0n) is 15.2. The number of esters is 1. The molecule has 0 atom stereocenters. The van der Waals surface area contributed by atoms with Crippen LogP contribution in [0.15, 0.2) is 72.5 Å². The summed E-state index contributed by atoms with van der Waals surface area (Å²) < 4.78 is 10.9. The average molecular weight is 422 g/mol. The molecule has 7 nitrogen and oxygen atoms in total. The Morgan fingerprint density at radius 3 is 2.50 bits per heavy atom. The first-order valence-electron chi connectivity index (χ1n) is 8.72. The number of nitro groups is 1. The van der Waals surface area contributed by atoms with Crippen LogP contribution in [0.25, 0.3) is 6.08 Å². The monoisotopic (exact) mass is 421 g/mol. The van der Waals surface area contributed by atoms with Crippen molar-refractivity contribution in [1.29, 1.82) is 0 Å². The summed E-state index contributed by atoms with van der Waals surface area (Å²) in [4.78, 5) is 35.1. The second-order valence-corrected chi connectivity index (χ2v) is 6.72.